The third kappa shape index (κ3) is 3.40. The molecule has 1 atom stereocenters. The minimum atomic E-state index is -0.405. The number of nitrogens with two attached hydrogens (primary N) is 1. The van der Waals surface area contributed by atoms with Crippen molar-refractivity contribution in [3.05, 3.63) is 108 Å². The van der Waals surface area contributed by atoms with E-state index in [-0.39, 0.29) is 5.75 Å². The van der Waals surface area contributed by atoms with E-state index in [0.717, 1.165) is 27.5 Å². The smallest absolute Gasteiger partial charge is 0.121 e. The van der Waals surface area contributed by atoms with E-state index in [1.165, 1.54) is 0 Å². The summed E-state index contributed by atoms with van der Waals surface area (Å²) in [5.41, 5.74) is 9.55. The standard InChI is InChI=1S/C24H20N2O/c25-21-13-7-6-12-20(21)24(26-16-17-8-2-1-3-9-17)23-19-11-5-4-10-18(19)14-15-22(23)27/h1-16,24,27H,25H2. The summed E-state index contributed by atoms with van der Waals surface area (Å²) in [4.78, 5) is 4.84. The Morgan fingerprint density at radius 3 is 2.30 bits per heavy atom. The van der Waals surface area contributed by atoms with Gasteiger partial charge in [0.05, 0.1) is 0 Å². The fourth-order valence-electron chi connectivity index (χ4n) is 3.34. The van der Waals surface area contributed by atoms with Crippen LogP contribution in [-0.2, 0) is 0 Å². The molecule has 132 valence electrons. The van der Waals surface area contributed by atoms with Gasteiger partial charge in [0, 0.05) is 23.0 Å². The average Bonchev–Trinajstić information content (AvgIpc) is 2.71. The van der Waals surface area contributed by atoms with Crippen molar-refractivity contribution in [3.63, 3.8) is 0 Å². The normalized spacial score (nSPS) is 12.4. The van der Waals surface area contributed by atoms with Crippen molar-refractivity contribution in [2.75, 3.05) is 5.73 Å². The maximum absolute atomic E-state index is 10.7. The number of phenolic OH excluding ortho intramolecular Hbond substituents is 1. The Morgan fingerprint density at radius 2 is 1.48 bits per heavy atom. The molecular formula is C24H20N2O. The van der Waals surface area contributed by atoms with Crippen LogP contribution >= 0.6 is 0 Å². The number of nitrogens with zero attached hydrogens (tertiary/aromatic N) is 1. The number of benzene rings is 4. The van der Waals surface area contributed by atoms with E-state index in [1.807, 2.05) is 91.1 Å². The predicted octanol–water partition coefficient (Wildman–Crippen LogP) is 5.34. The van der Waals surface area contributed by atoms with E-state index in [2.05, 4.69) is 0 Å². The van der Waals surface area contributed by atoms with Gasteiger partial charge in [-0.25, -0.2) is 0 Å². The van der Waals surface area contributed by atoms with Crippen LogP contribution in [0.4, 0.5) is 5.69 Å². The average molecular weight is 352 g/mol. The molecule has 0 saturated carbocycles. The third-order valence-corrected chi connectivity index (χ3v) is 4.68. The molecule has 0 saturated heterocycles. The van der Waals surface area contributed by atoms with Gasteiger partial charge in [0.15, 0.2) is 0 Å². The number of aromatic hydroxyl groups is 1. The third-order valence-electron chi connectivity index (χ3n) is 4.68. The molecule has 0 amide bonds. The lowest BCUT2D eigenvalue weighted by molar-refractivity contribution is 0.467. The number of hydrogen-bond acceptors (Lipinski definition) is 3. The fraction of sp³-hybridized carbons (Fsp3) is 0.0417. The minimum Gasteiger partial charge on any atom is -0.508 e. The van der Waals surface area contributed by atoms with Gasteiger partial charge in [0.1, 0.15) is 11.8 Å². The van der Waals surface area contributed by atoms with Crippen LogP contribution in [0.15, 0.2) is 96.0 Å². The molecule has 0 heterocycles. The number of aliphatic imine (C=N–C) groups is 1. The first-order valence-electron chi connectivity index (χ1n) is 8.87. The summed E-state index contributed by atoms with van der Waals surface area (Å²) in [5, 5.41) is 12.7. The number of anilines is 1. The summed E-state index contributed by atoms with van der Waals surface area (Å²) in [6.07, 6.45) is 1.83. The summed E-state index contributed by atoms with van der Waals surface area (Å²) in [6.45, 7) is 0. The largest absolute Gasteiger partial charge is 0.508 e. The zero-order chi connectivity index (χ0) is 18.6. The van der Waals surface area contributed by atoms with Crippen LogP contribution in [0.1, 0.15) is 22.7 Å². The van der Waals surface area contributed by atoms with E-state index in [4.69, 9.17) is 10.7 Å². The maximum atomic E-state index is 10.7. The number of hydrogen-bond donors (Lipinski definition) is 2. The van der Waals surface area contributed by atoms with Crippen LogP contribution in [0.5, 0.6) is 5.75 Å². The van der Waals surface area contributed by atoms with Gasteiger partial charge in [-0.1, -0.05) is 78.9 Å². The molecule has 0 fully saturated rings. The van der Waals surface area contributed by atoms with Crippen LogP contribution in [0.2, 0.25) is 0 Å². The Balaban J connectivity index is 1.93. The number of para-hydroxylation sites is 1. The molecule has 3 nitrogen and oxygen atoms in total. The van der Waals surface area contributed by atoms with Crippen molar-refractivity contribution in [2.45, 2.75) is 6.04 Å². The molecule has 4 aromatic rings. The van der Waals surface area contributed by atoms with E-state index in [0.29, 0.717) is 5.69 Å². The molecule has 4 aromatic carbocycles. The molecule has 0 aliphatic carbocycles. The molecule has 0 aliphatic rings. The van der Waals surface area contributed by atoms with Gasteiger partial charge in [0.25, 0.3) is 0 Å². The number of fused-ring (bicyclic) bond motifs is 1. The van der Waals surface area contributed by atoms with Crippen LogP contribution in [0.3, 0.4) is 0 Å². The summed E-state index contributed by atoms with van der Waals surface area (Å²) < 4.78 is 0. The van der Waals surface area contributed by atoms with Crippen LogP contribution in [0, 0.1) is 0 Å². The van der Waals surface area contributed by atoms with Gasteiger partial charge in [-0.05, 0) is 28.5 Å². The highest BCUT2D eigenvalue weighted by Crippen LogP contribution is 2.39. The zero-order valence-corrected chi connectivity index (χ0v) is 14.8. The summed E-state index contributed by atoms with van der Waals surface area (Å²) in [7, 11) is 0. The highest BCUT2D eigenvalue weighted by Gasteiger charge is 2.21. The summed E-state index contributed by atoms with van der Waals surface area (Å²) in [6, 6.07) is 28.8. The molecule has 27 heavy (non-hydrogen) atoms. The van der Waals surface area contributed by atoms with Gasteiger partial charge in [-0.3, -0.25) is 4.99 Å². The quantitative estimate of drug-likeness (QED) is 0.385. The number of nitrogen functional groups attached to an aromatic ring is 1. The minimum absolute atomic E-state index is 0.215. The monoisotopic (exact) mass is 352 g/mol. The van der Waals surface area contributed by atoms with Gasteiger partial charge in [-0.2, -0.15) is 0 Å². The fourth-order valence-corrected chi connectivity index (χ4v) is 3.34. The van der Waals surface area contributed by atoms with E-state index < -0.39 is 6.04 Å². The molecule has 0 spiro atoms. The summed E-state index contributed by atoms with van der Waals surface area (Å²) >= 11 is 0. The molecule has 0 bridgehead atoms. The van der Waals surface area contributed by atoms with Gasteiger partial charge < -0.3 is 10.8 Å². The van der Waals surface area contributed by atoms with Crippen molar-refractivity contribution in [1.29, 1.82) is 0 Å². The lowest BCUT2D eigenvalue weighted by Crippen LogP contribution is -2.04. The Hall–Kier alpha value is -3.59. The Bertz CT molecular complexity index is 1100. The van der Waals surface area contributed by atoms with E-state index in [9.17, 15) is 5.11 Å². The Morgan fingerprint density at radius 1 is 0.778 bits per heavy atom. The van der Waals surface area contributed by atoms with Crippen molar-refractivity contribution in [3.8, 4) is 5.75 Å². The summed E-state index contributed by atoms with van der Waals surface area (Å²) in [5.74, 6) is 0.215. The molecule has 0 aromatic heterocycles. The Kier molecular flexibility index (Phi) is 4.58. The zero-order valence-electron chi connectivity index (χ0n) is 14.8. The van der Waals surface area contributed by atoms with Gasteiger partial charge in [0.2, 0.25) is 0 Å². The molecule has 3 N–H and O–H groups in total. The van der Waals surface area contributed by atoms with E-state index in [1.54, 1.807) is 6.07 Å². The first-order valence-corrected chi connectivity index (χ1v) is 8.87. The first kappa shape index (κ1) is 16.9. The second-order valence-electron chi connectivity index (χ2n) is 6.44. The predicted molar refractivity (Wildman–Crippen MR) is 112 cm³/mol. The van der Waals surface area contributed by atoms with Crippen molar-refractivity contribution in [2.24, 2.45) is 4.99 Å². The SMILES string of the molecule is Nc1ccccc1C(N=Cc1ccccc1)c1c(O)ccc2ccccc12. The highest BCUT2D eigenvalue weighted by atomic mass is 16.3. The van der Waals surface area contributed by atoms with Crippen molar-refractivity contribution in [1.82, 2.24) is 0 Å². The van der Waals surface area contributed by atoms with Gasteiger partial charge >= 0.3 is 0 Å². The van der Waals surface area contributed by atoms with E-state index >= 15 is 0 Å². The lowest BCUT2D eigenvalue weighted by atomic mass is 9.92. The number of rotatable bonds is 4. The molecular weight excluding hydrogens is 332 g/mol. The van der Waals surface area contributed by atoms with Crippen LogP contribution in [-0.4, -0.2) is 11.3 Å². The second kappa shape index (κ2) is 7.34. The molecule has 1 unspecified atom stereocenters. The number of phenols is 1. The van der Waals surface area contributed by atoms with Crippen molar-refractivity contribution >= 4 is 22.7 Å². The molecule has 0 radical (unpaired) electrons. The molecule has 3 heteroatoms. The molecule has 4 rings (SSSR count). The van der Waals surface area contributed by atoms with Crippen molar-refractivity contribution < 1.29 is 5.11 Å². The topological polar surface area (TPSA) is 58.6 Å². The van der Waals surface area contributed by atoms with Crippen LogP contribution in [0.25, 0.3) is 10.8 Å². The Labute approximate surface area is 158 Å². The second-order valence-corrected chi connectivity index (χ2v) is 6.44. The first-order chi connectivity index (χ1) is 13.2. The van der Waals surface area contributed by atoms with Gasteiger partial charge in [-0.15, -0.1) is 0 Å². The lowest BCUT2D eigenvalue weighted by Gasteiger charge is -2.19. The molecule has 0 aliphatic heterocycles. The van der Waals surface area contributed by atoms with Crippen LogP contribution < -0.4 is 5.73 Å². The maximum Gasteiger partial charge on any atom is 0.121 e. The highest BCUT2D eigenvalue weighted by molar-refractivity contribution is 5.89.